The molecule has 4 rings (SSSR count). The van der Waals surface area contributed by atoms with Crippen molar-refractivity contribution in [3.8, 4) is 11.5 Å². The SMILES string of the molecule is COc1ccc(/C=N\NC(=O)[C@H](C)Oc2ccc3ccccc3c2)cc1CSc1ccccn1. The fraction of sp³-hybridized carbons (Fsp3) is 0.148. The molecule has 172 valence electrons. The molecule has 0 fully saturated rings. The first kappa shape index (κ1) is 23.3. The van der Waals surface area contributed by atoms with Crippen molar-refractivity contribution in [1.82, 2.24) is 10.4 Å². The van der Waals surface area contributed by atoms with Crippen molar-refractivity contribution in [3.63, 3.8) is 0 Å². The summed E-state index contributed by atoms with van der Waals surface area (Å²) in [6.07, 6.45) is 2.69. The van der Waals surface area contributed by atoms with Gasteiger partial charge < -0.3 is 9.47 Å². The van der Waals surface area contributed by atoms with Crippen molar-refractivity contribution in [2.45, 2.75) is 23.8 Å². The van der Waals surface area contributed by atoms with E-state index in [2.05, 4.69) is 15.5 Å². The van der Waals surface area contributed by atoms with Crippen molar-refractivity contribution in [3.05, 3.63) is 96.2 Å². The fourth-order valence-corrected chi connectivity index (χ4v) is 4.17. The number of hydrazone groups is 1. The van der Waals surface area contributed by atoms with Gasteiger partial charge in [-0.25, -0.2) is 10.4 Å². The second kappa shape index (κ2) is 11.3. The Morgan fingerprint density at radius 2 is 1.88 bits per heavy atom. The number of benzene rings is 3. The molecule has 0 aliphatic carbocycles. The summed E-state index contributed by atoms with van der Waals surface area (Å²) in [5, 5.41) is 7.22. The number of hydrogen-bond donors (Lipinski definition) is 1. The third kappa shape index (κ3) is 6.14. The number of carbonyl (C=O) groups excluding carboxylic acids is 1. The zero-order valence-electron chi connectivity index (χ0n) is 19.0. The topological polar surface area (TPSA) is 72.8 Å². The van der Waals surface area contributed by atoms with Crippen LogP contribution in [0.5, 0.6) is 11.5 Å². The Bertz CT molecular complexity index is 1290. The largest absolute Gasteiger partial charge is 0.496 e. The van der Waals surface area contributed by atoms with E-state index in [1.807, 2.05) is 78.9 Å². The molecule has 3 aromatic carbocycles. The van der Waals surface area contributed by atoms with Gasteiger partial charge in [0.15, 0.2) is 6.10 Å². The van der Waals surface area contributed by atoms with Gasteiger partial charge in [0, 0.05) is 17.5 Å². The number of aromatic nitrogens is 1. The predicted molar refractivity (Wildman–Crippen MR) is 137 cm³/mol. The minimum Gasteiger partial charge on any atom is -0.496 e. The van der Waals surface area contributed by atoms with Gasteiger partial charge in [-0.2, -0.15) is 5.10 Å². The number of rotatable bonds is 9. The monoisotopic (exact) mass is 471 g/mol. The average molecular weight is 472 g/mol. The zero-order chi connectivity index (χ0) is 23.8. The van der Waals surface area contributed by atoms with E-state index in [9.17, 15) is 4.79 Å². The summed E-state index contributed by atoms with van der Waals surface area (Å²) < 4.78 is 11.3. The molecule has 1 heterocycles. The van der Waals surface area contributed by atoms with E-state index < -0.39 is 6.10 Å². The van der Waals surface area contributed by atoms with Crippen LogP contribution >= 0.6 is 11.8 Å². The molecule has 0 radical (unpaired) electrons. The number of carbonyl (C=O) groups is 1. The van der Waals surface area contributed by atoms with Crippen molar-refractivity contribution >= 4 is 34.7 Å². The van der Waals surface area contributed by atoms with Gasteiger partial charge in [0.1, 0.15) is 11.5 Å². The number of amides is 1. The number of fused-ring (bicyclic) bond motifs is 1. The number of hydrogen-bond acceptors (Lipinski definition) is 6. The summed E-state index contributed by atoms with van der Waals surface area (Å²) in [6.45, 7) is 1.69. The van der Waals surface area contributed by atoms with Crippen LogP contribution in [0.25, 0.3) is 10.8 Å². The molecule has 1 N–H and O–H groups in total. The lowest BCUT2D eigenvalue weighted by Crippen LogP contribution is -2.33. The molecule has 1 amide bonds. The zero-order valence-corrected chi connectivity index (χ0v) is 19.8. The number of nitrogens with one attached hydrogen (secondary N) is 1. The van der Waals surface area contributed by atoms with E-state index in [0.717, 1.165) is 32.7 Å². The highest BCUT2D eigenvalue weighted by Crippen LogP contribution is 2.27. The maximum Gasteiger partial charge on any atom is 0.280 e. The van der Waals surface area contributed by atoms with E-state index in [0.29, 0.717) is 11.5 Å². The van der Waals surface area contributed by atoms with Gasteiger partial charge >= 0.3 is 0 Å². The second-order valence-electron chi connectivity index (χ2n) is 7.53. The van der Waals surface area contributed by atoms with E-state index in [4.69, 9.17) is 9.47 Å². The van der Waals surface area contributed by atoms with E-state index in [1.54, 1.807) is 38.2 Å². The van der Waals surface area contributed by atoms with Gasteiger partial charge in [-0.15, -0.1) is 11.8 Å². The standard InChI is InChI=1S/C27H25N3O3S/c1-19(33-24-12-11-21-7-3-4-8-22(21)16-24)27(31)30-29-17-20-10-13-25(32-2)23(15-20)18-34-26-9-5-6-14-28-26/h3-17,19H,18H2,1-2H3,(H,30,31)/b29-17-/t19-/m0/s1. The second-order valence-corrected chi connectivity index (χ2v) is 8.53. The van der Waals surface area contributed by atoms with Gasteiger partial charge in [0.25, 0.3) is 5.91 Å². The first-order valence-electron chi connectivity index (χ1n) is 10.8. The highest BCUT2D eigenvalue weighted by molar-refractivity contribution is 7.98. The van der Waals surface area contributed by atoms with Crippen LogP contribution in [0.15, 0.2) is 95.2 Å². The van der Waals surface area contributed by atoms with Crippen molar-refractivity contribution in [2.75, 3.05) is 7.11 Å². The minimum atomic E-state index is -0.695. The number of nitrogens with zero attached hydrogens (tertiary/aromatic N) is 2. The molecule has 6 nitrogen and oxygen atoms in total. The highest BCUT2D eigenvalue weighted by atomic mass is 32.2. The number of pyridine rings is 1. The minimum absolute atomic E-state index is 0.330. The molecule has 0 saturated heterocycles. The number of thioether (sulfide) groups is 1. The normalized spacial score (nSPS) is 11.9. The summed E-state index contributed by atoms with van der Waals surface area (Å²) in [5.74, 6) is 1.80. The fourth-order valence-electron chi connectivity index (χ4n) is 3.34. The van der Waals surface area contributed by atoms with Gasteiger partial charge in [0.2, 0.25) is 0 Å². The lowest BCUT2D eigenvalue weighted by atomic mass is 10.1. The molecule has 7 heteroatoms. The van der Waals surface area contributed by atoms with Crippen molar-refractivity contribution < 1.29 is 14.3 Å². The number of methoxy groups -OCH3 is 1. The van der Waals surface area contributed by atoms with E-state index >= 15 is 0 Å². The molecular weight excluding hydrogens is 446 g/mol. The van der Waals surface area contributed by atoms with Gasteiger partial charge in [-0.3, -0.25) is 4.79 Å². The summed E-state index contributed by atoms with van der Waals surface area (Å²) in [7, 11) is 1.65. The van der Waals surface area contributed by atoms with E-state index in [-0.39, 0.29) is 5.91 Å². The predicted octanol–water partition coefficient (Wildman–Crippen LogP) is 5.45. The van der Waals surface area contributed by atoms with Crippen molar-refractivity contribution in [1.29, 1.82) is 0 Å². The van der Waals surface area contributed by atoms with Crippen LogP contribution in [0.3, 0.4) is 0 Å². The van der Waals surface area contributed by atoms with Gasteiger partial charge in [-0.1, -0.05) is 36.4 Å². The Morgan fingerprint density at radius 1 is 1.06 bits per heavy atom. The smallest absolute Gasteiger partial charge is 0.280 e. The Hall–Kier alpha value is -3.84. The summed E-state index contributed by atoms with van der Waals surface area (Å²) in [4.78, 5) is 16.8. The Kier molecular flexibility index (Phi) is 7.78. The summed E-state index contributed by atoms with van der Waals surface area (Å²) in [6, 6.07) is 25.3. The Labute approximate surface area is 203 Å². The molecule has 0 aliphatic heterocycles. The van der Waals surface area contributed by atoms with Crippen LogP contribution in [0.2, 0.25) is 0 Å². The molecule has 4 aromatic rings. The van der Waals surface area contributed by atoms with E-state index in [1.165, 1.54) is 0 Å². The molecular formula is C27H25N3O3S. The maximum atomic E-state index is 12.4. The lowest BCUT2D eigenvalue weighted by Gasteiger charge is -2.13. The maximum absolute atomic E-state index is 12.4. The van der Waals surface area contributed by atoms with Crippen LogP contribution in [0.1, 0.15) is 18.1 Å². The first-order valence-corrected chi connectivity index (χ1v) is 11.8. The molecule has 0 saturated carbocycles. The molecule has 0 bridgehead atoms. The van der Waals surface area contributed by atoms with Crippen LogP contribution in [0.4, 0.5) is 0 Å². The quantitative estimate of drug-likeness (QED) is 0.200. The van der Waals surface area contributed by atoms with Gasteiger partial charge in [0.05, 0.1) is 18.4 Å². The third-order valence-corrected chi connectivity index (χ3v) is 6.10. The highest BCUT2D eigenvalue weighted by Gasteiger charge is 2.14. The molecule has 1 atom stereocenters. The van der Waals surface area contributed by atoms with Gasteiger partial charge in [-0.05, 0) is 65.7 Å². The number of ether oxygens (including phenoxy) is 2. The third-order valence-electron chi connectivity index (χ3n) is 5.11. The van der Waals surface area contributed by atoms with Crippen molar-refractivity contribution in [2.24, 2.45) is 5.10 Å². The molecule has 0 unspecified atom stereocenters. The lowest BCUT2D eigenvalue weighted by molar-refractivity contribution is -0.127. The molecule has 0 spiro atoms. The molecule has 34 heavy (non-hydrogen) atoms. The Morgan fingerprint density at radius 3 is 2.68 bits per heavy atom. The van der Waals surface area contributed by atoms with Crippen LogP contribution in [-0.2, 0) is 10.5 Å². The summed E-state index contributed by atoms with van der Waals surface area (Å²) in [5.41, 5.74) is 4.42. The van der Waals surface area contributed by atoms with Crippen LogP contribution in [0, 0.1) is 0 Å². The first-order chi connectivity index (χ1) is 16.6. The Balaban J connectivity index is 1.35. The van der Waals surface area contributed by atoms with Crippen LogP contribution < -0.4 is 14.9 Å². The summed E-state index contributed by atoms with van der Waals surface area (Å²) >= 11 is 1.62. The van der Waals surface area contributed by atoms with Crippen LogP contribution in [-0.4, -0.2) is 30.3 Å². The average Bonchev–Trinajstić information content (AvgIpc) is 2.88. The molecule has 1 aromatic heterocycles. The molecule has 0 aliphatic rings.